The summed E-state index contributed by atoms with van der Waals surface area (Å²) in [6.07, 6.45) is 4.27. The summed E-state index contributed by atoms with van der Waals surface area (Å²) in [5, 5.41) is 5.57. The number of pyridine rings is 1. The fraction of sp³-hybridized carbons (Fsp3) is 0.304. The number of piperidine rings is 1. The van der Waals surface area contributed by atoms with Crippen LogP contribution < -0.4 is 5.32 Å². The Kier molecular flexibility index (Phi) is 4.86. The minimum absolute atomic E-state index is 0.386. The number of H-pyrrole nitrogens is 1. The van der Waals surface area contributed by atoms with Gasteiger partial charge >= 0.3 is 0 Å². The lowest BCUT2D eigenvalue weighted by atomic mass is 10.0. The van der Waals surface area contributed by atoms with Gasteiger partial charge in [-0.25, -0.2) is 4.98 Å². The highest BCUT2D eigenvalue weighted by atomic mass is 35.5. The lowest BCUT2D eigenvalue weighted by Crippen LogP contribution is -2.41. The molecule has 29 heavy (non-hydrogen) atoms. The molecule has 0 bridgehead atoms. The number of anilines is 1. The van der Waals surface area contributed by atoms with E-state index >= 15 is 0 Å². The smallest absolute Gasteiger partial charge is 0.142 e. The highest BCUT2D eigenvalue weighted by molar-refractivity contribution is 6.31. The van der Waals surface area contributed by atoms with Crippen molar-refractivity contribution in [3.05, 3.63) is 53.7 Å². The first-order valence-electron chi connectivity index (χ1n) is 10.2. The number of hydrogen-bond acceptors (Lipinski definition) is 4. The maximum Gasteiger partial charge on any atom is 0.142 e. The monoisotopic (exact) mass is 405 g/mol. The van der Waals surface area contributed by atoms with E-state index in [-0.39, 0.29) is 0 Å². The van der Waals surface area contributed by atoms with Crippen LogP contribution in [0.2, 0.25) is 5.02 Å². The number of para-hydroxylation sites is 2. The van der Waals surface area contributed by atoms with E-state index in [9.17, 15) is 0 Å². The summed E-state index contributed by atoms with van der Waals surface area (Å²) in [5.74, 6) is 0.825. The third-order valence-corrected chi connectivity index (χ3v) is 6.01. The zero-order valence-electron chi connectivity index (χ0n) is 16.5. The van der Waals surface area contributed by atoms with Gasteiger partial charge in [0, 0.05) is 29.2 Å². The molecule has 1 aliphatic rings. The van der Waals surface area contributed by atoms with E-state index in [1.54, 1.807) is 0 Å². The molecule has 2 N–H and O–H groups in total. The molecule has 148 valence electrons. The van der Waals surface area contributed by atoms with E-state index in [4.69, 9.17) is 16.6 Å². The quantitative estimate of drug-likeness (QED) is 0.482. The molecule has 2 aromatic carbocycles. The van der Waals surface area contributed by atoms with Gasteiger partial charge in [-0.2, -0.15) is 0 Å². The van der Waals surface area contributed by atoms with Crippen LogP contribution in [0.4, 0.5) is 5.69 Å². The van der Waals surface area contributed by atoms with E-state index in [2.05, 4.69) is 27.1 Å². The van der Waals surface area contributed by atoms with Crippen molar-refractivity contribution >= 4 is 39.2 Å². The zero-order valence-corrected chi connectivity index (χ0v) is 17.2. The summed E-state index contributed by atoms with van der Waals surface area (Å²) in [7, 11) is 0. The van der Waals surface area contributed by atoms with Gasteiger partial charge in [-0.05, 0) is 56.3 Å². The van der Waals surface area contributed by atoms with E-state index in [1.807, 2.05) is 48.7 Å². The molecule has 5 rings (SSSR count). The van der Waals surface area contributed by atoms with Crippen LogP contribution in [0.25, 0.3) is 33.3 Å². The van der Waals surface area contributed by atoms with Crippen LogP contribution in [0, 0.1) is 0 Å². The van der Waals surface area contributed by atoms with Gasteiger partial charge < -0.3 is 15.2 Å². The van der Waals surface area contributed by atoms with Crippen molar-refractivity contribution < 1.29 is 0 Å². The van der Waals surface area contributed by atoms with Gasteiger partial charge in [-0.1, -0.05) is 30.7 Å². The Morgan fingerprint density at radius 1 is 1.21 bits per heavy atom. The van der Waals surface area contributed by atoms with Crippen molar-refractivity contribution in [2.45, 2.75) is 25.8 Å². The fourth-order valence-corrected chi connectivity index (χ4v) is 4.42. The largest absolute Gasteiger partial charge is 0.380 e. The van der Waals surface area contributed by atoms with E-state index in [0.29, 0.717) is 11.1 Å². The normalized spacial score (nSPS) is 17.8. The second kappa shape index (κ2) is 7.65. The minimum atomic E-state index is 0.386. The first kappa shape index (κ1) is 18.4. The molecule has 1 atom stereocenters. The number of aromatic nitrogens is 3. The van der Waals surface area contributed by atoms with Crippen molar-refractivity contribution in [1.82, 2.24) is 19.9 Å². The Balaban J connectivity index is 1.64. The maximum atomic E-state index is 6.35. The van der Waals surface area contributed by atoms with E-state index in [1.165, 1.54) is 13.0 Å². The molecule has 1 fully saturated rings. The van der Waals surface area contributed by atoms with E-state index in [0.717, 1.165) is 58.5 Å². The summed E-state index contributed by atoms with van der Waals surface area (Å²) in [4.78, 5) is 15.5. The molecule has 3 heterocycles. The van der Waals surface area contributed by atoms with Crippen molar-refractivity contribution in [1.29, 1.82) is 0 Å². The average Bonchev–Trinajstić information content (AvgIpc) is 3.18. The van der Waals surface area contributed by atoms with Crippen LogP contribution in [0.3, 0.4) is 0 Å². The highest BCUT2D eigenvalue weighted by Crippen LogP contribution is 2.35. The Morgan fingerprint density at radius 3 is 2.97 bits per heavy atom. The van der Waals surface area contributed by atoms with Gasteiger partial charge in [0.2, 0.25) is 0 Å². The number of halogens is 1. The molecule has 1 aliphatic heterocycles. The molecule has 0 spiro atoms. The Hall–Kier alpha value is -2.63. The Morgan fingerprint density at radius 2 is 2.10 bits per heavy atom. The molecule has 1 saturated heterocycles. The van der Waals surface area contributed by atoms with Crippen molar-refractivity contribution in [3.63, 3.8) is 0 Å². The number of fused-ring (bicyclic) bond motifs is 2. The molecule has 5 nitrogen and oxygen atoms in total. The third-order valence-electron chi connectivity index (χ3n) is 5.78. The Bertz CT molecular complexity index is 1140. The van der Waals surface area contributed by atoms with Gasteiger partial charge in [0.1, 0.15) is 5.82 Å². The molecule has 0 amide bonds. The van der Waals surface area contributed by atoms with Crippen LogP contribution in [0.5, 0.6) is 0 Å². The predicted octanol–water partition coefficient (Wildman–Crippen LogP) is 5.33. The summed E-state index contributed by atoms with van der Waals surface area (Å²) in [5.41, 5.74) is 4.94. The molecule has 2 aromatic heterocycles. The van der Waals surface area contributed by atoms with Gasteiger partial charge in [0.15, 0.2) is 0 Å². The second-order valence-corrected chi connectivity index (χ2v) is 8.12. The molecule has 0 aliphatic carbocycles. The van der Waals surface area contributed by atoms with Crippen LogP contribution in [-0.2, 0) is 0 Å². The van der Waals surface area contributed by atoms with Crippen molar-refractivity contribution in [2.24, 2.45) is 0 Å². The number of hydrogen-bond donors (Lipinski definition) is 2. The first-order chi connectivity index (χ1) is 14.2. The molecule has 4 aromatic rings. The molecule has 0 radical (unpaired) electrons. The summed E-state index contributed by atoms with van der Waals surface area (Å²) in [6, 6.07) is 14.3. The topological polar surface area (TPSA) is 56.8 Å². The number of nitrogens with one attached hydrogen (secondary N) is 2. The lowest BCUT2D eigenvalue weighted by molar-refractivity contribution is 0.227. The van der Waals surface area contributed by atoms with Crippen LogP contribution >= 0.6 is 11.6 Å². The molecule has 6 heteroatoms. The second-order valence-electron chi connectivity index (χ2n) is 7.69. The van der Waals surface area contributed by atoms with Crippen LogP contribution in [0.1, 0.15) is 19.8 Å². The highest BCUT2D eigenvalue weighted by Gasteiger charge is 2.22. The number of aromatic amines is 1. The molecular formula is C23H24ClN5. The van der Waals surface area contributed by atoms with Crippen LogP contribution in [0.15, 0.2) is 48.7 Å². The third kappa shape index (κ3) is 3.56. The number of likely N-dealkylation sites (N-methyl/N-ethyl adjacent to an activating group) is 1. The molecular weight excluding hydrogens is 382 g/mol. The standard InChI is InChI=1S/C23H24ClN5/c1-2-29-11-5-6-16(14-29)26-22-17-12-15(24)9-10-19(17)25-13-18(22)23-27-20-7-3-4-8-21(20)28-23/h3-4,7-10,12-13,16H,2,5-6,11,14H2,1H3,(H,25,26)(H,27,28). The maximum absolute atomic E-state index is 6.35. The van der Waals surface area contributed by atoms with Crippen molar-refractivity contribution in [2.75, 3.05) is 25.0 Å². The van der Waals surface area contributed by atoms with Gasteiger partial charge in [-0.3, -0.25) is 4.98 Å². The van der Waals surface area contributed by atoms with E-state index < -0.39 is 0 Å². The minimum Gasteiger partial charge on any atom is -0.380 e. The predicted molar refractivity (Wildman–Crippen MR) is 121 cm³/mol. The molecule has 0 saturated carbocycles. The van der Waals surface area contributed by atoms with Crippen molar-refractivity contribution in [3.8, 4) is 11.4 Å². The number of imidazole rings is 1. The number of benzene rings is 2. The van der Waals surface area contributed by atoms with Crippen LogP contribution in [-0.4, -0.2) is 45.5 Å². The van der Waals surface area contributed by atoms with Gasteiger partial charge in [0.05, 0.1) is 27.8 Å². The Labute approximate surface area is 175 Å². The zero-order chi connectivity index (χ0) is 19.8. The average molecular weight is 406 g/mol. The number of rotatable bonds is 4. The molecule has 1 unspecified atom stereocenters. The SMILES string of the molecule is CCN1CCCC(Nc2c(-c3nc4ccccc4[nH]3)cnc3ccc(Cl)cc23)C1. The summed E-state index contributed by atoms with van der Waals surface area (Å²) >= 11 is 6.35. The fourth-order valence-electron chi connectivity index (χ4n) is 4.24. The van der Waals surface area contributed by atoms with Gasteiger partial charge in [-0.15, -0.1) is 0 Å². The summed E-state index contributed by atoms with van der Waals surface area (Å²) < 4.78 is 0. The van der Waals surface area contributed by atoms with Gasteiger partial charge in [0.25, 0.3) is 0 Å². The first-order valence-corrected chi connectivity index (χ1v) is 10.6. The number of nitrogens with zero attached hydrogens (tertiary/aromatic N) is 3. The lowest BCUT2D eigenvalue weighted by Gasteiger charge is -2.33. The number of likely N-dealkylation sites (tertiary alicyclic amines) is 1. The summed E-state index contributed by atoms with van der Waals surface area (Å²) in [6.45, 7) is 5.52.